The van der Waals surface area contributed by atoms with Crippen molar-refractivity contribution in [2.75, 3.05) is 0 Å². The van der Waals surface area contributed by atoms with E-state index in [0.29, 0.717) is 11.3 Å². The molecule has 2 bridgehead atoms. The van der Waals surface area contributed by atoms with Gasteiger partial charge in [-0.1, -0.05) is 6.42 Å². The first kappa shape index (κ1) is 6.47. The molecule has 0 aliphatic heterocycles. The number of aliphatic hydroxyl groups is 1. The van der Waals surface area contributed by atoms with Crippen molar-refractivity contribution in [3.05, 3.63) is 0 Å². The van der Waals surface area contributed by atoms with E-state index in [1.807, 2.05) is 0 Å². The maximum absolute atomic E-state index is 9.66. The van der Waals surface area contributed by atoms with Gasteiger partial charge in [0.25, 0.3) is 0 Å². The second-order valence-electron chi connectivity index (χ2n) is 4.92. The van der Waals surface area contributed by atoms with Gasteiger partial charge in [-0.15, -0.1) is 0 Å². The lowest BCUT2D eigenvalue weighted by Crippen LogP contribution is -2.25. The zero-order chi connectivity index (χ0) is 7.47. The summed E-state index contributed by atoms with van der Waals surface area (Å²) in [4.78, 5) is 0. The Morgan fingerprint density at radius 3 is 3.00 bits per heavy atom. The van der Waals surface area contributed by atoms with Gasteiger partial charge < -0.3 is 5.11 Å². The fraction of sp³-hybridized carbons (Fsp3) is 1.00. The van der Waals surface area contributed by atoms with Crippen LogP contribution in [0.5, 0.6) is 0 Å². The van der Waals surface area contributed by atoms with Crippen LogP contribution in [0.15, 0.2) is 0 Å². The molecule has 0 aromatic rings. The Morgan fingerprint density at radius 2 is 2.18 bits per heavy atom. The third-order valence-electron chi connectivity index (χ3n) is 4.51. The molecule has 3 aliphatic carbocycles. The van der Waals surface area contributed by atoms with Gasteiger partial charge in [0.2, 0.25) is 0 Å². The van der Waals surface area contributed by atoms with Gasteiger partial charge in [-0.05, 0) is 49.4 Å². The number of aliphatic hydroxyl groups excluding tert-OH is 1. The molecule has 4 atom stereocenters. The summed E-state index contributed by atoms with van der Waals surface area (Å²) >= 11 is 0. The molecule has 1 heteroatoms. The van der Waals surface area contributed by atoms with Gasteiger partial charge in [0.05, 0.1) is 6.10 Å². The number of hydrogen-bond donors (Lipinski definition) is 1. The van der Waals surface area contributed by atoms with Gasteiger partial charge in [-0.3, -0.25) is 0 Å². The molecule has 62 valence electrons. The maximum Gasteiger partial charge on any atom is 0.0574 e. The summed E-state index contributed by atoms with van der Waals surface area (Å²) in [5, 5.41) is 9.66. The fourth-order valence-electron chi connectivity index (χ4n) is 4.05. The highest BCUT2D eigenvalue weighted by Gasteiger charge is 2.57. The summed E-state index contributed by atoms with van der Waals surface area (Å²) < 4.78 is 0. The molecule has 1 spiro atoms. The van der Waals surface area contributed by atoms with Crippen molar-refractivity contribution in [1.82, 2.24) is 0 Å². The normalized spacial score (nSPS) is 60.3. The molecule has 1 N–H and O–H groups in total. The van der Waals surface area contributed by atoms with Gasteiger partial charge >= 0.3 is 0 Å². The van der Waals surface area contributed by atoms with Crippen LogP contribution in [0.1, 0.15) is 38.5 Å². The first-order valence-electron chi connectivity index (χ1n) is 4.98. The van der Waals surface area contributed by atoms with E-state index in [4.69, 9.17) is 0 Å². The summed E-state index contributed by atoms with van der Waals surface area (Å²) in [6.07, 6.45) is 8.24. The molecular weight excluding hydrogens is 136 g/mol. The molecule has 0 saturated heterocycles. The average molecular weight is 152 g/mol. The molecule has 0 aromatic heterocycles. The van der Waals surface area contributed by atoms with Crippen LogP contribution in [0.2, 0.25) is 0 Å². The van der Waals surface area contributed by atoms with Crippen LogP contribution in [0, 0.1) is 17.3 Å². The predicted octanol–water partition coefficient (Wildman–Crippen LogP) is 1.95. The van der Waals surface area contributed by atoms with Gasteiger partial charge in [0.1, 0.15) is 0 Å². The van der Waals surface area contributed by atoms with E-state index >= 15 is 0 Å². The molecule has 3 saturated carbocycles. The van der Waals surface area contributed by atoms with Crippen LogP contribution >= 0.6 is 0 Å². The second kappa shape index (κ2) is 1.82. The van der Waals surface area contributed by atoms with Gasteiger partial charge in [0, 0.05) is 0 Å². The smallest absolute Gasteiger partial charge is 0.0574 e. The lowest BCUT2D eigenvalue weighted by atomic mass is 9.77. The standard InChI is InChI=1S/C10H16O/c11-9-6-10-3-1-2-8(10)4-7(9)5-10/h7-9,11H,1-6H2/t7-,8-,9-,10+/m1/s1. The Morgan fingerprint density at radius 1 is 1.27 bits per heavy atom. The van der Waals surface area contributed by atoms with E-state index in [2.05, 4.69) is 0 Å². The molecule has 3 rings (SSSR count). The summed E-state index contributed by atoms with van der Waals surface area (Å²) in [5.41, 5.74) is 0.643. The molecule has 0 heterocycles. The molecule has 11 heavy (non-hydrogen) atoms. The van der Waals surface area contributed by atoms with Crippen molar-refractivity contribution in [1.29, 1.82) is 0 Å². The lowest BCUT2D eigenvalue weighted by Gasteiger charge is -2.30. The van der Waals surface area contributed by atoms with E-state index in [1.165, 1.54) is 32.1 Å². The lowest BCUT2D eigenvalue weighted by molar-refractivity contribution is 0.0748. The topological polar surface area (TPSA) is 20.2 Å². The van der Waals surface area contributed by atoms with Crippen LogP contribution in [0.3, 0.4) is 0 Å². The van der Waals surface area contributed by atoms with Crippen molar-refractivity contribution >= 4 is 0 Å². The Bertz CT molecular complexity index is 185. The van der Waals surface area contributed by atoms with Gasteiger partial charge in [-0.25, -0.2) is 0 Å². The van der Waals surface area contributed by atoms with Crippen LogP contribution in [-0.2, 0) is 0 Å². The molecular formula is C10H16O. The SMILES string of the molecule is O[C@@H]1C[C@@]23CCC[C@@H]2C[C@@H]1C3. The van der Waals surface area contributed by atoms with Gasteiger partial charge in [0.15, 0.2) is 0 Å². The Labute approximate surface area is 67.8 Å². The van der Waals surface area contributed by atoms with E-state index in [-0.39, 0.29) is 6.10 Å². The minimum absolute atomic E-state index is 0.0735. The van der Waals surface area contributed by atoms with E-state index in [0.717, 1.165) is 12.3 Å². The summed E-state index contributed by atoms with van der Waals surface area (Å²) in [6, 6.07) is 0. The van der Waals surface area contributed by atoms with Crippen molar-refractivity contribution in [2.45, 2.75) is 44.6 Å². The van der Waals surface area contributed by atoms with E-state index in [1.54, 1.807) is 0 Å². The summed E-state index contributed by atoms with van der Waals surface area (Å²) in [5.74, 6) is 1.70. The van der Waals surface area contributed by atoms with Crippen molar-refractivity contribution in [3.63, 3.8) is 0 Å². The van der Waals surface area contributed by atoms with Gasteiger partial charge in [-0.2, -0.15) is 0 Å². The Hall–Kier alpha value is -0.0400. The Balaban J connectivity index is 1.95. The highest BCUT2D eigenvalue weighted by atomic mass is 16.3. The van der Waals surface area contributed by atoms with Crippen LogP contribution in [0.4, 0.5) is 0 Å². The largest absolute Gasteiger partial charge is 0.393 e. The summed E-state index contributed by atoms with van der Waals surface area (Å²) in [7, 11) is 0. The highest BCUT2D eigenvalue weighted by Crippen LogP contribution is 2.64. The molecule has 1 nitrogen and oxygen atoms in total. The zero-order valence-corrected chi connectivity index (χ0v) is 6.92. The minimum atomic E-state index is 0.0735. The molecule has 3 fully saturated rings. The number of fused-ring (bicyclic) bond motifs is 1. The first-order chi connectivity index (χ1) is 5.30. The van der Waals surface area contributed by atoms with Crippen molar-refractivity contribution in [2.24, 2.45) is 17.3 Å². The van der Waals surface area contributed by atoms with Crippen LogP contribution in [0.25, 0.3) is 0 Å². The highest BCUT2D eigenvalue weighted by molar-refractivity contribution is 5.07. The molecule has 0 aromatic carbocycles. The average Bonchev–Trinajstić information content (AvgIpc) is 2.49. The third-order valence-corrected chi connectivity index (χ3v) is 4.51. The van der Waals surface area contributed by atoms with Crippen LogP contribution < -0.4 is 0 Å². The molecule has 0 amide bonds. The van der Waals surface area contributed by atoms with Crippen LogP contribution in [-0.4, -0.2) is 11.2 Å². The third kappa shape index (κ3) is 0.658. The predicted molar refractivity (Wildman–Crippen MR) is 43.1 cm³/mol. The van der Waals surface area contributed by atoms with Crippen molar-refractivity contribution < 1.29 is 5.11 Å². The minimum Gasteiger partial charge on any atom is -0.393 e. The quantitative estimate of drug-likeness (QED) is 0.562. The zero-order valence-electron chi connectivity index (χ0n) is 6.92. The van der Waals surface area contributed by atoms with E-state index in [9.17, 15) is 5.11 Å². The second-order valence-corrected chi connectivity index (χ2v) is 4.92. The molecule has 0 unspecified atom stereocenters. The fourth-order valence-corrected chi connectivity index (χ4v) is 4.05. The monoisotopic (exact) mass is 152 g/mol. The summed E-state index contributed by atoms with van der Waals surface area (Å²) in [6.45, 7) is 0. The van der Waals surface area contributed by atoms with E-state index < -0.39 is 0 Å². The maximum atomic E-state index is 9.66. The Kier molecular flexibility index (Phi) is 1.07. The number of hydrogen-bond acceptors (Lipinski definition) is 1. The van der Waals surface area contributed by atoms with Crippen molar-refractivity contribution in [3.8, 4) is 0 Å². The number of rotatable bonds is 0. The molecule has 0 radical (unpaired) electrons. The first-order valence-corrected chi connectivity index (χ1v) is 4.98. The molecule has 3 aliphatic rings.